The lowest BCUT2D eigenvalue weighted by molar-refractivity contribution is 0.481. The molecule has 0 heterocycles. The minimum absolute atomic E-state index is 0.893. The molecule has 0 amide bonds. The number of ether oxygens (including phenoxy) is 1. The van der Waals surface area contributed by atoms with Gasteiger partial charge in [-0.2, -0.15) is 0 Å². The monoisotopic (exact) mass is 330 g/mol. The van der Waals surface area contributed by atoms with E-state index in [9.17, 15) is 0 Å². The minimum atomic E-state index is 0.893. The Hall–Kier alpha value is -2.54. The van der Waals surface area contributed by atoms with E-state index >= 15 is 0 Å². The van der Waals surface area contributed by atoms with Crippen LogP contribution in [0.2, 0.25) is 0 Å². The van der Waals surface area contributed by atoms with Crippen LogP contribution in [0, 0.1) is 0 Å². The van der Waals surface area contributed by atoms with Crippen molar-refractivity contribution in [3.05, 3.63) is 95.1 Å². The Labute approximate surface area is 151 Å². The molecule has 0 saturated carbocycles. The van der Waals surface area contributed by atoms with Crippen molar-refractivity contribution < 1.29 is 4.74 Å². The molecule has 0 aliphatic rings. The topological polar surface area (TPSA) is 9.23 Å². The fraction of sp³-hybridized carbons (Fsp3) is 0.250. The van der Waals surface area contributed by atoms with Gasteiger partial charge in [-0.15, -0.1) is 0 Å². The van der Waals surface area contributed by atoms with Crippen molar-refractivity contribution in [1.82, 2.24) is 0 Å². The quantitative estimate of drug-likeness (QED) is 0.488. The van der Waals surface area contributed by atoms with Crippen molar-refractivity contribution in [2.45, 2.75) is 39.5 Å². The zero-order valence-corrected chi connectivity index (χ0v) is 15.2. The van der Waals surface area contributed by atoms with Crippen molar-refractivity contribution in [2.75, 3.05) is 0 Å². The molecular formula is C24H26O. The summed E-state index contributed by atoms with van der Waals surface area (Å²) in [7, 11) is 0. The van der Waals surface area contributed by atoms with E-state index in [2.05, 4.69) is 68.4 Å². The highest BCUT2D eigenvalue weighted by molar-refractivity contribution is 5.35. The Kier molecular flexibility index (Phi) is 5.90. The number of hydrogen-bond donors (Lipinski definition) is 0. The molecule has 3 aromatic rings. The second-order valence-electron chi connectivity index (χ2n) is 6.42. The highest BCUT2D eigenvalue weighted by Crippen LogP contribution is 2.23. The molecule has 128 valence electrons. The third-order valence-corrected chi connectivity index (χ3v) is 4.60. The number of rotatable bonds is 7. The second kappa shape index (κ2) is 8.53. The lowest BCUT2D eigenvalue weighted by Crippen LogP contribution is -1.93. The smallest absolute Gasteiger partial charge is 0.127 e. The van der Waals surface area contributed by atoms with Gasteiger partial charge in [-0.25, -0.2) is 0 Å². The van der Waals surface area contributed by atoms with E-state index in [1.165, 1.54) is 22.3 Å². The summed E-state index contributed by atoms with van der Waals surface area (Å²) in [6.45, 7) is 4.35. The molecule has 25 heavy (non-hydrogen) atoms. The van der Waals surface area contributed by atoms with Gasteiger partial charge in [0.05, 0.1) is 0 Å². The molecular weight excluding hydrogens is 304 g/mol. The molecule has 0 atom stereocenters. The maximum absolute atomic E-state index is 6.00. The van der Waals surface area contributed by atoms with Gasteiger partial charge < -0.3 is 4.74 Å². The summed E-state index contributed by atoms with van der Waals surface area (Å²) in [5.41, 5.74) is 5.42. The molecule has 0 aliphatic heterocycles. The van der Waals surface area contributed by atoms with Crippen LogP contribution in [-0.4, -0.2) is 0 Å². The Balaban J connectivity index is 1.62. The molecule has 0 bridgehead atoms. The molecule has 0 aliphatic carbocycles. The van der Waals surface area contributed by atoms with Gasteiger partial charge in [-0.1, -0.05) is 62.4 Å². The van der Waals surface area contributed by atoms with Crippen LogP contribution in [0.4, 0.5) is 0 Å². The molecule has 0 fully saturated rings. The second-order valence-corrected chi connectivity index (χ2v) is 6.42. The van der Waals surface area contributed by atoms with E-state index in [-0.39, 0.29) is 0 Å². The van der Waals surface area contributed by atoms with Crippen LogP contribution >= 0.6 is 0 Å². The molecule has 3 aromatic carbocycles. The molecule has 0 aromatic heterocycles. The van der Waals surface area contributed by atoms with Crippen molar-refractivity contribution in [3.63, 3.8) is 0 Å². The molecule has 0 radical (unpaired) electrons. The lowest BCUT2D eigenvalue weighted by Gasteiger charge is -2.09. The SMILES string of the molecule is CCc1ccc(CCc2cccc(Oc3ccc(CC)cc3)c2)cc1. The Morgan fingerprint density at radius 1 is 0.560 bits per heavy atom. The van der Waals surface area contributed by atoms with Crippen molar-refractivity contribution in [3.8, 4) is 11.5 Å². The summed E-state index contributed by atoms with van der Waals surface area (Å²) in [4.78, 5) is 0. The van der Waals surface area contributed by atoms with Crippen LogP contribution in [0.1, 0.15) is 36.1 Å². The van der Waals surface area contributed by atoms with Gasteiger partial charge >= 0.3 is 0 Å². The molecule has 1 heteroatoms. The maximum Gasteiger partial charge on any atom is 0.127 e. The van der Waals surface area contributed by atoms with E-state index in [0.29, 0.717) is 0 Å². The van der Waals surface area contributed by atoms with Crippen LogP contribution in [0.25, 0.3) is 0 Å². The Bertz CT molecular complexity index is 785. The van der Waals surface area contributed by atoms with Gasteiger partial charge in [0, 0.05) is 0 Å². The average Bonchev–Trinajstić information content (AvgIpc) is 2.68. The molecule has 0 saturated heterocycles. The summed E-state index contributed by atoms with van der Waals surface area (Å²) < 4.78 is 6.00. The molecule has 3 rings (SSSR count). The Morgan fingerprint density at radius 2 is 1.12 bits per heavy atom. The van der Waals surface area contributed by atoms with Gasteiger partial charge in [0.2, 0.25) is 0 Å². The highest BCUT2D eigenvalue weighted by Gasteiger charge is 2.01. The maximum atomic E-state index is 6.00. The van der Waals surface area contributed by atoms with Crippen molar-refractivity contribution in [1.29, 1.82) is 0 Å². The fourth-order valence-electron chi connectivity index (χ4n) is 2.92. The third-order valence-electron chi connectivity index (χ3n) is 4.60. The number of aryl methyl sites for hydroxylation is 4. The third kappa shape index (κ3) is 4.96. The molecule has 1 nitrogen and oxygen atoms in total. The average molecular weight is 330 g/mol. The van der Waals surface area contributed by atoms with Gasteiger partial charge in [-0.3, -0.25) is 0 Å². The van der Waals surface area contributed by atoms with E-state index in [1.54, 1.807) is 0 Å². The van der Waals surface area contributed by atoms with Gasteiger partial charge in [0.25, 0.3) is 0 Å². The first kappa shape index (κ1) is 17.3. The first-order chi connectivity index (χ1) is 12.3. The van der Waals surface area contributed by atoms with E-state index in [4.69, 9.17) is 4.74 Å². The first-order valence-electron chi connectivity index (χ1n) is 9.20. The van der Waals surface area contributed by atoms with Crippen LogP contribution in [0.3, 0.4) is 0 Å². The summed E-state index contributed by atoms with van der Waals surface area (Å²) >= 11 is 0. The highest BCUT2D eigenvalue weighted by atomic mass is 16.5. The standard InChI is InChI=1S/C24H26O/c1-3-19-8-10-21(11-9-19)12-13-22-6-5-7-24(18-22)25-23-16-14-20(4-2)15-17-23/h5-11,14-18H,3-4,12-13H2,1-2H3. The molecule has 0 unspecified atom stereocenters. The normalized spacial score (nSPS) is 10.6. The zero-order chi connectivity index (χ0) is 17.5. The Morgan fingerprint density at radius 3 is 1.76 bits per heavy atom. The van der Waals surface area contributed by atoms with E-state index < -0.39 is 0 Å². The van der Waals surface area contributed by atoms with Gasteiger partial charge in [0.15, 0.2) is 0 Å². The van der Waals surface area contributed by atoms with Crippen LogP contribution in [0.5, 0.6) is 11.5 Å². The lowest BCUT2D eigenvalue weighted by atomic mass is 10.0. The zero-order valence-electron chi connectivity index (χ0n) is 15.2. The number of benzene rings is 3. The predicted octanol–water partition coefficient (Wildman–Crippen LogP) is 6.39. The van der Waals surface area contributed by atoms with Gasteiger partial charge in [-0.05, 0) is 72.2 Å². The summed E-state index contributed by atoms with van der Waals surface area (Å²) in [5, 5.41) is 0. The van der Waals surface area contributed by atoms with Crippen molar-refractivity contribution in [2.24, 2.45) is 0 Å². The summed E-state index contributed by atoms with van der Waals surface area (Å²) in [5.74, 6) is 1.80. The van der Waals surface area contributed by atoms with Crippen LogP contribution < -0.4 is 4.74 Å². The first-order valence-corrected chi connectivity index (χ1v) is 9.20. The molecule has 0 spiro atoms. The van der Waals surface area contributed by atoms with Crippen molar-refractivity contribution >= 4 is 0 Å². The molecule has 0 N–H and O–H groups in total. The minimum Gasteiger partial charge on any atom is -0.457 e. The summed E-state index contributed by atoms with van der Waals surface area (Å²) in [6.07, 6.45) is 4.23. The summed E-state index contributed by atoms with van der Waals surface area (Å²) in [6, 6.07) is 25.7. The predicted molar refractivity (Wildman–Crippen MR) is 106 cm³/mol. The van der Waals surface area contributed by atoms with Crippen LogP contribution in [-0.2, 0) is 25.7 Å². The fourth-order valence-corrected chi connectivity index (χ4v) is 2.92. The van der Waals surface area contributed by atoms with E-state index in [1.807, 2.05) is 18.2 Å². The van der Waals surface area contributed by atoms with E-state index in [0.717, 1.165) is 37.2 Å². The number of hydrogen-bond acceptors (Lipinski definition) is 1. The largest absolute Gasteiger partial charge is 0.457 e. The van der Waals surface area contributed by atoms with Crippen LogP contribution in [0.15, 0.2) is 72.8 Å². The van der Waals surface area contributed by atoms with Gasteiger partial charge in [0.1, 0.15) is 11.5 Å².